The topological polar surface area (TPSA) is 26.3 Å². The molecule has 0 N–H and O–H groups in total. The molecule has 5 heteroatoms. The highest BCUT2D eigenvalue weighted by Crippen LogP contribution is 2.32. The first-order valence-electron chi connectivity index (χ1n) is 4.66. The second-order valence-corrected chi connectivity index (χ2v) is 3.47. The Morgan fingerprint density at radius 3 is 2.69 bits per heavy atom. The van der Waals surface area contributed by atoms with Gasteiger partial charge in [0, 0.05) is 12.3 Å². The van der Waals surface area contributed by atoms with E-state index in [0.29, 0.717) is 0 Å². The van der Waals surface area contributed by atoms with Crippen molar-refractivity contribution in [2.75, 3.05) is 13.0 Å². The standard InChI is InChI=1S/C11H11ClF2O2/c1-16-10-7(9(15)5-6-12)3-2-4-8(10)11(13)14/h2-4,11H,5-6H2,1H3. The zero-order valence-electron chi connectivity index (χ0n) is 8.67. The van der Waals surface area contributed by atoms with Crippen LogP contribution < -0.4 is 4.74 Å². The van der Waals surface area contributed by atoms with Crippen molar-refractivity contribution in [2.45, 2.75) is 12.8 Å². The highest BCUT2D eigenvalue weighted by atomic mass is 35.5. The number of hydrogen-bond donors (Lipinski definition) is 0. The average Bonchev–Trinajstić information content (AvgIpc) is 2.28. The molecule has 1 aromatic rings. The van der Waals surface area contributed by atoms with Crippen LogP contribution in [0.4, 0.5) is 8.78 Å². The van der Waals surface area contributed by atoms with E-state index in [9.17, 15) is 13.6 Å². The summed E-state index contributed by atoms with van der Waals surface area (Å²) in [6, 6.07) is 4.10. The second kappa shape index (κ2) is 5.80. The summed E-state index contributed by atoms with van der Waals surface area (Å²) < 4.78 is 30.1. The largest absolute Gasteiger partial charge is 0.495 e. The van der Waals surface area contributed by atoms with Crippen LogP contribution in [0.5, 0.6) is 5.75 Å². The second-order valence-electron chi connectivity index (χ2n) is 3.09. The highest BCUT2D eigenvalue weighted by molar-refractivity contribution is 6.19. The molecule has 0 fully saturated rings. The van der Waals surface area contributed by atoms with Gasteiger partial charge in [0.1, 0.15) is 5.75 Å². The highest BCUT2D eigenvalue weighted by Gasteiger charge is 2.20. The molecule has 0 radical (unpaired) electrons. The fourth-order valence-electron chi connectivity index (χ4n) is 1.39. The molecule has 1 aromatic carbocycles. The predicted molar refractivity (Wildman–Crippen MR) is 57.6 cm³/mol. The van der Waals surface area contributed by atoms with Crippen molar-refractivity contribution in [3.63, 3.8) is 0 Å². The molecule has 0 aliphatic carbocycles. The number of Topliss-reactive ketones (excluding diaryl/α,β-unsaturated/α-hetero) is 1. The minimum Gasteiger partial charge on any atom is -0.495 e. The molecule has 0 aromatic heterocycles. The molecular weight excluding hydrogens is 238 g/mol. The number of ether oxygens (including phenoxy) is 1. The Bertz CT molecular complexity index is 380. The summed E-state index contributed by atoms with van der Waals surface area (Å²) in [6.07, 6.45) is -2.57. The van der Waals surface area contributed by atoms with Gasteiger partial charge in [0.25, 0.3) is 6.43 Å². The lowest BCUT2D eigenvalue weighted by Gasteiger charge is -2.11. The van der Waals surface area contributed by atoms with E-state index in [1.165, 1.54) is 25.3 Å². The van der Waals surface area contributed by atoms with Crippen LogP contribution >= 0.6 is 11.6 Å². The Hall–Kier alpha value is -1.16. The van der Waals surface area contributed by atoms with Crippen molar-refractivity contribution in [3.8, 4) is 5.75 Å². The van der Waals surface area contributed by atoms with Crippen LogP contribution in [0.1, 0.15) is 28.8 Å². The molecule has 0 amide bonds. The maximum atomic E-state index is 12.6. The summed E-state index contributed by atoms with van der Waals surface area (Å²) in [6.45, 7) is 0. The first-order valence-corrected chi connectivity index (χ1v) is 5.19. The van der Waals surface area contributed by atoms with E-state index < -0.39 is 6.43 Å². The number of carbonyl (C=O) groups is 1. The van der Waals surface area contributed by atoms with E-state index >= 15 is 0 Å². The third-order valence-electron chi connectivity index (χ3n) is 2.11. The first-order chi connectivity index (χ1) is 7.61. The number of ketones is 1. The Kier molecular flexibility index (Phi) is 4.68. The van der Waals surface area contributed by atoms with Gasteiger partial charge in [-0.1, -0.05) is 6.07 Å². The van der Waals surface area contributed by atoms with Crippen LogP contribution in [0.2, 0.25) is 0 Å². The molecule has 0 spiro atoms. The summed E-state index contributed by atoms with van der Waals surface area (Å²) in [5, 5.41) is 0. The van der Waals surface area contributed by atoms with Gasteiger partial charge in [-0.2, -0.15) is 0 Å². The number of methoxy groups -OCH3 is 1. The van der Waals surface area contributed by atoms with Gasteiger partial charge in [0.05, 0.1) is 18.2 Å². The lowest BCUT2D eigenvalue weighted by atomic mass is 10.0. The van der Waals surface area contributed by atoms with Crippen molar-refractivity contribution < 1.29 is 18.3 Å². The zero-order chi connectivity index (χ0) is 12.1. The van der Waals surface area contributed by atoms with Crippen LogP contribution in [0.15, 0.2) is 18.2 Å². The van der Waals surface area contributed by atoms with Crippen molar-refractivity contribution >= 4 is 17.4 Å². The molecule has 0 aliphatic rings. The lowest BCUT2D eigenvalue weighted by Crippen LogP contribution is -2.05. The van der Waals surface area contributed by atoms with Crippen molar-refractivity contribution in [1.82, 2.24) is 0 Å². The molecule has 0 heterocycles. The van der Waals surface area contributed by atoms with Crippen LogP contribution in [0.3, 0.4) is 0 Å². The lowest BCUT2D eigenvalue weighted by molar-refractivity contribution is 0.0985. The average molecular weight is 249 g/mol. The fraction of sp³-hybridized carbons (Fsp3) is 0.364. The Balaban J connectivity index is 3.18. The van der Waals surface area contributed by atoms with Gasteiger partial charge in [-0.05, 0) is 12.1 Å². The summed E-state index contributed by atoms with van der Waals surface area (Å²) in [4.78, 5) is 11.6. The molecule has 0 atom stereocenters. The number of para-hydroxylation sites is 1. The first kappa shape index (κ1) is 12.9. The maximum absolute atomic E-state index is 12.6. The van der Waals surface area contributed by atoms with Crippen molar-refractivity contribution in [2.24, 2.45) is 0 Å². The smallest absolute Gasteiger partial charge is 0.267 e. The van der Waals surface area contributed by atoms with Crippen molar-refractivity contribution in [1.29, 1.82) is 0 Å². The Morgan fingerprint density at radius 2 is 2.19 bits per heavy atom. The van der Waals surface area contributed by atoms with E-state index in [1.807, 2.05) is 0 Å². The minimum absolute atomic E-state index is 0.0624. The van der Waals surface area contributed by atoms with Crippen LogP contribution in [-0.4, -0.2) is 18.8 Å². The molecule has 0 saturated carbocycles. The number of alkyl halides is 3. The fourth-order valence-corrected chi connectivity index (χ4v) is 1.57. The summed E-state index contributed by atoms with van der Waals surface area (Å²) in [7, 11) is 1.26. The SMILES string of the molecule is COc1c(C(=O)CCCl)cccc1C(F)F. The van der Waals surface area contributed by atoms with E-state index in [0.717, 1.165) is 0 Å². The molecule has 0 unspecified atom stereocenters. The number of halogens is 3. The quantitative estimate of drug-likeness (QED) is 0.589. The Labute approximate surface area is 97.2 Å². The normalized spacial score (nSPS) is 10.6. The third kappa shape index (κ3) is 2.70. The molecular formula is C11H11ClF2O2. The number of carbonyl (C=O) groups excluding carboxylic acids is 1. The molecule has 0 bridgehead atoms. The van der Waals surface area contributed by atoms with E-state index in [-0.39, 0.29) is 35.0 Å². The predicted octanol–water partition coefficient (Wildman–Crippen LogP) is 3.44. The van der Waals surface area contributed by atoms with E-state index in [4.69, 9.17) is 16.3 Å². The van der Waals surface area contributed by atoms with Gasteiger partial charge in [-0.3, -0.25) is 4.79 Å². The van der Waals surface area contributed by atoms with Gasteiger partial charge in [-0.25, -0.2) is 8.78 Å². The minimum atomic E-state index is -2.67. The molecule has 2 nitrogen and oxygen atoms in total. The van der Waals surface area contributed by atoms with Crippen molar-refractivity contribution in [3.05, 3.63) is 29.3 Å². The van der Waals surface area contributed by atoms with Crippen LogP contribution in [0, 0.1) is 0 Å². The molecule has 16 heavy (non-hydrogen) atoms. The molecule has 88 valence electrons. The molecule has 1 rings (SSSR count). The van der Waals surface area contributed by atoms with Gasteiger partial charge < -0.3 is 4.74 Å². The maximum Gasteiger partial charge on any atom is 0.267 e. The zero-order valence-corrected chi connectivity index (χ0v) is 9.43. The van der Waals surface area contributed by atoms with E-state index in [2.05, 4.69) is 0 Å². The van der Waals surface area contributed by atoms with Gasteiger partial charge in [-0.15, -0.1) is 11.6 Å². The van der Waals surface area contributed by atoms with Crippen LogP contribution in [0.25, 0.3) is 0 Å². The van der Waals surface area contributed by atoms with Gasteiger partial charge in [0.15, 0.2) is 5.78 Å². The Morgan fingerprint density at radius 1 is 1.50 bits per heavy atom. The number of benzene rings is 1. The molecule has 0 saturated heterocycles. The third-order valence-corrected chi connectivity index (χ3v) is 2.30. The summed E-state index contributed by atoms with van der Waals surface area (Å²) in [5.74, 6) is -0.206. The monoisotopic (exact) mass is 248 g/mol. The van der Waals surface area contributed by atoms with Gasteiger partial charge >= 0.3 is 0 Å². The summed E-state index contributed by atoms with van der Waals surface area (Å²) >= 11 is 5.43. The van der Waals surface area contributed by atoms with E-state index in [1.54, 1.807) is 0 Å². The summed E-state index contributed by atoms with van der Waals surface area (Å²) in [5.41, 5.74) is -0.121. The van der Waals surface area contributed by atoms with Crippen LogP contribution in [-0.2, 0) is 0 Å². The molecule has 0 aliphatic heterocycles. The van der Waals surface area contributed by atoms with Gasteiger partial charge in [0.2, 0.25) is 0 Å². The number of hydrogen-bond acceptors (Lipinski definition) is 2. The number of rotatable bonds is 5.